The van der Waals surface area contributed by atoms with Crippen LogP contribution in [0, 0.1) is 0 Å². The van der Waals surface area contributed by atoms with E-state index in [1.165, 1.54) is 32.1 Å². The summed E-state index contributed by atoms with van der Waals surface area (Å²) < 4.78 is 11.5. The van der Waals surface area contributed by atoms with Gasteiger partial charge in [-0.25, -0.2) is 0 Å². The van der Waals surface area contributed by atoms with Crippen molar-refractivity contribution in [2.24, 2.45) is 0 Å². The molecule has 0 spiro atoms. The maximum absolute atomic E-state index is 12.7. The molecule has 33 heavy (non-hydrogen) atoms. The second-order valence-corrected chi connectivity index (χ2v) is 9.63. The summed E-state index contributed by atoms with van der Waals surface area (Å²) in [4.78, 5) is 15.0. The molecule has 2 N–H and O–H groups in total. The van der Waals surface area contributed by atoms with E-state index in [0.29, 0.717) is 25.7 Å². The number of nitrogens with zero attached hydrogens (tertiary/aromatic N) is 1. The lowest BCUT2D eigenvalue weighted by molar-refractivity contribution is -0.123. The molecule has 1 aromatic rings. The Morgan fingerprint density at radius 2 is 1.82 bits per heavy atom. The summed E-state index contributed by atoms with van der Waals surface area (Å²) in [6.07, 6.45) is 11.3. The van der Waals surface area contributed by atoms with Crippen molar-refractivity contribution in [3.63, 3.8) is 0 Å². The largest absolute Gasteiger partial charge is 0.494 e. The lowest BCUT2D eigenvalue weighted by Crippen LogP contribution is -2.46. The predicted molar refractivity (Wildman–Crippen MR) is 131 cm³/mol. The zero-order valence-electron chi connectivity index (χ0n) is 20.5. The Morgan fingerprint density at radius 3 is 2.48 bits per heavy atom. The van der Waals surface area contributed by atoms with Crippen molar-refractivity contribution < 1.29 is 19.4 Å². The Balaban J connectivity index is 1.45. The van der Waals surface area contributed by atoms with Crippen LogP contribution in [0.25, 0.3) is 0 Å². The molecule has 186 valence electrons. The molecule has 1 aliphatic heterocycles. The number of likely N-dealkylation sites (tertiary alicyclic amines) is 1. The van der Waals surface area contributed by atoms with Gasteiger partial charge in [0.05, 0.1) is 18.8 Å². The lowest BCUT2D eigenvalue weighted by atomic mass is 9.96. The van der Waals surface area contributed by atoms with Crippen LogP contribution in [-0.4, -0.2) is 60.9 Å². The molecule has 6 nitrogen and oxygen atoms in total. The normalized spacial score (nSPS) is 18.6. The summed E-state index contributed by atoms with van der Waals surface area (Å²) >= 11 is 0. The van der Waals surface area contributed by atoms with Crippen LogP contribution in [0.5, 0.6) is 5.75 Å². The molecule has 0 radical (unpaired) electrons. The summed E-state index contributed by atoms with van der Waals surface area (Å²) in [7, 11) is 0. The molecule has 0 aromatic heterocycles. The number of unbranched alkanes of at least 4 members (excludes halogenated alkanes) is 3. The Bertz CT molecular complexity index is 671. The van der Waals surface area contributed by atoms with E-state index in [1.807, 2.05) is 24.3 Å². The van der Waals surface area contributed by atoms with Gasteiger partial charge in [-0.1, -0.05) is 31.9 Å². The number of carbonyl (C=O) groups excluding carboxylic acids is 1. The third-order valence-electron chi connectivity index (χ3n) is 6.82. The number of benzene rings is 1. The summed E-state index contributed by atoms with van der Waals surface area (Å²) in [6.45, 7) is 6.40. The molecule has 0 unspecified atom stereocenters. The first-order chi connectivity index (χ1) is 16.2. The van der Waals surface area contributed by atoms with Gasteiger partial charge in [-0.3, -0.25) is 4.79 Å². The molecule has 6 heteroatoms. The lowest BCUT2D eigenvalue weighted by Gasteiger charge is -2.29. The van der Waals surface area contributed by atoms with E-state index in [-0.39, 0.29) is 11.9 Å². The first-order valence-electron chi connectivity index (χ1n) is 13.2. The van der Waals surface area contributed by atoms with Gasteiger partial charge in [-0.05, 0) is 82.2 Å². The smallest absolute Gasteiger partial charge is 0.220 e. The summed E-state index contributed by atoms with van der Waals surface area (Å²) in [5.74, 6) is 0.846. The Morgan fingerprint density at radius 1 is 1.06 bits per heavy atom. The molecule has 1 aromatic carbocycles. The van der Waals surface area contributed by atoms with E-state index >= 15 is 0 Å². The highest BCUT2D eigenvalue weighted by molar-refractivity contribution is 5.76. The third kappa shape index (κ3) is 9.26. The van der Waals surface area contributed by atoms with Crippen LogP contribution in [0.4, 0.5) is 0 Å². The summed E-state index contributed by atoms with van der Waals surface area (Å²) in [6, 6.07) is 7.34. The van der Waals surface area contributed by atoms with Crippen LogP contribution >= 0.6 is 0 Å². The zero-order valence-corrected chi connectivity index (χ0v) is 20.5. The quantitative estimate of drug-likeness (QED) is 0.353. The van der Waals surface area contributed by atoms with Gasteiger partial charge in [0.2, 0.25) is 5.91 Å². The average molecular weight is 461 g/mol. The number of nitrogens with one attached hydrogen (secondary N) is 1. The molecule has 1 heterocycles. The molecule has 1 aliphatic carbocycles. The highest BCUT2D eigenvalue weighted by Gasteiger charge is 2.26. The molecule has 0 bridgehead atoms. The van der Waals surface area contributed by atoms with Gasteiger partial charge in [0.25, 0.3) is 0 Å². The molecule has 1 amide bonds. The van der Waals surface area contributed by atoms with E-state index in [1.54, 1.807) is 0 Å². The first kappa shape index (κ1) is 26.0. The molecule has 2 fully saturated rings. The summed E-state index contributed by atoms with van der Waals surface area (Å²) in [5.41, 5.74) is 0.815. The molecular formula is C27H44N2O4. The number of aliphatic hydroxyl groups excluding tert-OH is 1. The fourth-order valence-electron chi connectivity index (χ4n) is 4.43. The van der Waals surface area contributed by atoms with Crippen molar-refractivity contribution in [2.75, 3.05) is 32.8 Å². The Kier molecular flexibility index (Phi) is 11.5. The maximum atomic E-state index is 12.7. The van der Waals surface area contributed by atoms with Gasteiger partial charge < -0.3 is 24.8 Å². The van der Waals surface area contributed by atoms with Crippen molar-refractivity contribution in [3.05, 3.63) is 29.8 Å². The van der Waals surface area contributed by atoms with Crippen LogP contribution in [-0.2, 0) is 9.53 Å². The van der Waals surface area contributed by atoms with Crippen molar-refractivity contribution in [1.82, 2.24) is 10.2 Å². The number of hydrogen-bond donors (Lipinski definition) is 2. The fourth-order valence-corrected chi connectivity index (χ4v) is 4.43. The van der Waals surface area contributed by atoms with E-state index in [4.69, 9.17) is 9.47 Å². The van der Waals surface area contributed by atoms with Crippen LogP contribution in [0.15, 0.2) is 24.3 Å². The molecule has 1 saturated heterocycles. The van der Waals surface area contributed by atoms with Crippen LogP contribution in [0.2, 0.25) is 0 Å². The number of carbonyl (C=O) groups is 1. The van der Waals surface area contributed by atoms with Crippen LogP contribution in [0.1, 0.15) is 89.2 Å². The van der Waals surface area contributed by atoms with Gasteiger partial charge in [0, 0.05) is 19.6 Å². The molecule has 3 rings (SSSR count). The summed E-state index contributed by atoms with van der Waals surface area (Å²) in [5, 5.41) is 14.3. The van der Waals surface area contributed by atoms with E-state index < -0.39 is 6.10 Å². The molecule has 2 aliphatic rings. The zero-order chi connectivity index (χ0) is 23.3. The standard InChI is InChI=1S/C27H44N2O4/c1-2-3-19-32-24-15-13-22(14-16-24)27(31)25(21-29-17-6-7-18-29)28-26(30)12-5-4-8-20-33-23-10-9-11-23/h13-16,23,25,27,31H,2-12,17-21H2,1H3,(H,28,30)/t25-,27-/m1/s1. The van der Waals surface area contributed by atoms with Gasteiger partial charge in [0.15, 0.2) is 0 Å². The fraction of sp³-hybridized carbons (Fsp3) is 0.741. The first-order valence-corrected chi connectivity index (χ1v) is 13.2. The minimum absolute atomic E-state index is 0.0256. The second kappa shape index (κ2) is 14.6. The maximum Gasteiger partial charge on any atom is 0.220 e. The third-order valence-corrected chi connectivity index (χ3v) is 6.82. The minimum Gasteiger partial charge on any atom is -0.494 e. The average Bonchev–Trinajstić information content (AvgIpc) is 3.30. The Hall–Kier alpha value is -1.63. The van der Waals surface area contributed by atoms with E-state index in [2.05, 4.69) is 17.1 Å². The number of amides is 1. The number of hydrogen-bond acceptors (Lipinski definition) is 5. The molecular weight excluding hydrogens is 416 g/mol. The number of rotatable bonds is 16. The molecule has 1 saturated carbocycles. The van der Waals surface area contributed by atoms with Crippen molar-refractivity contribution >= 4 is 5.91 Å². The minimum atomic E-state index is -0.741. The molecule has 2 atom stereocenters. The SMILES string of the molecule is CCCCOc1ccc([C@@H](O)[C@@H](CN2CCCC2)NC(=O)CCCCCOC2CCC2)cc1. The van der Waals surface area contributed by atoms with Gasteiger partial charge in [0.1, 0.15) is 11.9 Å². The number of aliphatic hydroxyl groups is 1. The highest BCUT2D eigenvalue weighted by atomic mass is 16.5. The van der Waals surface area contributed by atoms with Gasteiger partial charge in [-0.2, -0.15) is 0 Å². The van der Waals surface area contributed by atoms with Crippen molar-refractivity contribution in [2.45, 2.75) is 95.8 Å². The topological polar surface area (TPSA) is 71.0 Å². The monoisotopic (exact) mass is 460 g/mol. The van der Waals surface area contributed by atoms with Crippen LogP contribution in [0.3, 0.4) is 0 Å². The highest BCUT2D eigenvalue weighted by Crippen LogP contribution is 2.23. The van der Waals surface area contributed by atoms with Gasteiger partial charge >= 0.3 is 0 Å². The predicted octanol–water partition coefficient (Wildman–Crippen LogP) is 4.61. The van der Waals surface area contributed by atoms with E-state index in [9.17, 15) is 9.90 Å². The van der Waals surface area contributed by atoms with Crippen molar-refractivity contribution in [1.29, 1.82) is 0 Å². The van der Waals surface area contributed by atoms with Crippen molar-refractivity contribution in [3.8, 4) is 5.75 Å². The Labute approximate surface area is 200 Å². The van der Waals surface area contributed by atoms with Gasteiger partial charge in [-0.15, -0.1) is 0 Å². The number of ether oxygens (including phenoxy) is 2. The van der Waals surface area contributed by atoms with Crippen LogP contribution < -0.4 is 10.1 Å². The second-order valence-electron chi connectivity index (χ2n) is 9.63. The van der Waals surface area contributed by atoms with E-state index in [0.717, 1.165) is 63.1 Å².